The predicted molar refractivity (Wildman–Crippen MR) is 136 cm³/mol. The molecule has 0 spiro atoms. The molecule has 2 amide bonds. The Hall–Kier alpha value is -4.81. The summed E-state index contributed by atoms with van der Waals surface area (Å²) in [6.45, 7) is 0. The van der Waals surface area contributed by atoms with Crippen molar-refractivity contribution in [1.29, 1.82) is 0 Å². The number of carbonyl (C=O) groups is 2. The molecular formula is C27H22F2N4O6. The van der Waals surface area contributed by atoms with Crippen LogP contribution in [0, 0.1) is 17.0 Å². The molecule has 0 aliphatic heterocycles. The van der Waals surface area contributed by atoms with E-state index in [9.17, 15) is 14.0 Å². The van der Waals surface area contributed by atoms with E-state index in [-0.39, 0.29) is 28.7 Å². The number of rotatable bonds is 9. The fraction of sp³-hybridized carbons (Fsp3) is 0.148. The van der Waals surface area contributed by atoms with E-state index in [1.807, 2.05) is 0 Å². The van der Waals surface area contributed by atoms with E-state index >= 15 is 4.39 Å². The Balaban J connectivity index is 1.31. The fourth-order valence-corrected chi connectivity index (χ4v) is 4.00. The third kappa shape index (κ3) is 5.28. The van der Waals surface area contributed by atoms with Crippen molar-refractivity contribution in [3.63, 3.8) is 0 Å². The van der Waals surface area contributed by atoms with Crippen molar-refractivity contribution in [1.82, 2.24) is 10.6 Å². The number of methoxy groups -OCH3 is 1. The number of nitrogens with zero attached hydrogens (tertiary/aromatic N) is 1. The van der Waals surface area contributed by atoms with Gasteiger partial charge in [-0.25, -0.2) is 8.78 Å². The third-order valence-electron chi connectivity index (χ3n) is 6.27. The number of aromatic nitrogens is 1. The minimum atomic E-state index is -1.29. The standard InChI is InChI=1S/C27H22F2N4O6/c1-37-23-13-18-20(14-24(23)39-33-36)30-11-8-21(18)38-22-7-6-17(12-19(22)29)32-26(35)27(9-10-27)25(34)31-16-4-2-15(28)3-5-16/h2-8,11-14,33,36H,9-10H2,1H3,(H,31,34)(H,32,35). The molecule has 1 fully saturated rings. The monoisotopic (exact) mass is 536 g/mol. The number of carbonyl (C=O) groups excluding carboxylic acids is 2. The van der Waals surface area contributed by atoms with Gasteiger partial charge in [-0.2, -0.15) is 0 Å². The first-order chi connectivity index (χ1) is 18.8. The molecular weight excluding hydrogens is 514 g/mol. The fourth-order valence-electron chi connectivity index (χ4n) is 4.00. The van der Waals surface area contributed by atoms with Gasteiger partial charge in [-0.05, 0) is 67.0 Å². The predicted octanol–water partition coefficient (Wildman–Crippen LogP) is 4.94. The minimum Gasteiger partial charge on any atom is -0.493 e. The van der Waals surface area contributed by atoms with Gasteiger partial charge in [0.05, 0.1) is 12.6 Å². The van der Waals surface area contributed by atoms with E-state index in [1.165, 1.54) is 61.8 Å². The summed E-state index contributed by atoms with van der Waals surface area (Å²) < 4.78 is 39.2. The van der Waals surface area contributed by atoms with Crippen molar-refractivity contribution in [2.24, 2.45) is 5.41 Å². The summed E-state index contributed by atoms with van der Waals surface area (Å²) in [6.07, 6.45) is 2.11. The van der Waals surface area contributed by atoms with Crippen LogP contribution >= 0.6 is 0 Å². The molecule has 5 rings (SSSR count). The number of benzene rings is 3. The number of ether oxygens (including phenoxy) is 2. The van der Waals surface area contributed by atoms with Gasteiger partial charge < -0.3 is 24.9 Å². The average molecular weight is 536 g/mol. The zero-order valence-electron chi connectivity index (χ0n) is 20.5. The van der Waals surface area contributed by atoms with Gasteiger partial charge in [-0.3, -0.25) is 19.8 Å². The highest BCUT2D eigenvalue weighted by molar-refractivity contribution is 6.16. The van der Waals surface area contributed by atoms with Crippen LogP contribution < -0.4 is 30.6 Å². The number of anilines is 2. The molecule has 10 nitrogen and oxygen atoms in total. The van der Waals surface area contributed by atoms with Crippen LogP contribution in [-0.4, -0.2) is 29.1 Å². The lowest BCUT2D eigenvalue weighted by molar-refractivity contribution is -0.131. The molecule has 0 radical (unpaired) electrons. The molecule has 0 unspecified atom stereocenters. The number of nitrogens with one attached hydrogen (secondary N) is 3. The molecule has 3 aromatic carbocycles. The van der Waals surface area contributed by atoms with Crippen LogP contribution in [0.2, 0.25) is 0 Å². The van der Waals surface area contributed by atoms with E-state index in [2.05, 4.69) is 15.6 Å². The highest BCUT2D eigenvalue weighted by Gasteiger charge is 2.56. The lowest BCUT2D eigenvalue weighted by atomic mass is 10.0. The maximum absolute atomic E-state index is 15.0. The summed E-state index contributed by atoms with van der Waals surface area (Å²) in [4.78, 5) is 34.8. The van der Waals surface area contributed by atoms with Gasteiger partial charge in [0.15, 0.2) is 23.1 Å². The first kappa shape index (κ1) is 25.8. The number of amides is 2. The number of halogens is 2. The van der Waals surface area contributed by atoms with E-state index in [4.69, 9.17) is 19.5 Å². The molecule has 12 heteroatoms. The zero-order chi connectivity index (χ0) is 27.6. The van der Waals surface area contributed by atoms with Crippen LogP contribution in [0.15, 0.2) is 66.9 Å². The molecule has 0 atom stereocenters. The molecule has 0 saturated heterocycles. The Bertz CT molecular complexity index is 1560. The number of pyridine rings is 1. The first-order valence-electron chi connectivity index (χ1n) is 11.7. The molecule has 1 heterocycles. The second-order valence-electron chi connectivity index (χ2n) is 8.77. The maximum Gasteiger partial charge on any atom is 0.240 e. The van der Waals surface area contributed by atoms with Gasteiger partial charge in [-0.1, -0.05) is 0 Å². The van der Waals surface area contributed by atoms with Crippen molar-refractivity contribution in [3.8, 4) is 23.0 Å². The number of hydrogen-bond acceptors (Lipinski definition) is 8. The molecule has 0 bridgehead atoms. The van der Waals surface area contributed by atoms with Gasteiger partial charge in [0.25, 0.3) is 0 Å². The Labute approximate surface area is 220 Å². The Morgan fingerprint density at radius 2 is 1.56 bits per heavy atom. The summed E-state index contributed by atoms with van der Waals surface area (Å²) in [5.41, 5.74) is 1.23. The molecule has 1 aromatic heterocycles. The van der Waals surface area contributed by atoms with Crippen LogP contribution in [0.1, 0.15) is 12.8 Å². The van der Waals surface area contributed by atoms with Gasteiger partial charge in [0.1, 0.15) is 17.0 Å². The van der Waals surface area contributed by atoms with E-state index in [0.717, 1.165) is 6.07 Å². The van der Waals surface area contributed by atoms with Crippen molar-refractivity contribution in [2.75, 3.05) is 17.7 Å². The highest BCUT2D eigenvalue weighted by Crippen LogP contribution is 2.47. The number of hydrogen-bond donors (Lipinski definition) is 4. The van der Waals surface area contributed by atoms with Gasteiger partial charge in [0, 0.05) is 35.1 Å². The average Bonchev–Trinajstić information content (AvgIpc) is 3.74. The maximum atomic E-state index is 15.0. The Morgan fingerprint density at radius 1 is 0.872 bits per heavy atom. The van der Waals surface area contributed by atoms with Crippen molar-refractivity contribution in [2.45, 2.75) is 12.8 Å². The second kappa shape index (κ2) is 10.5. The first-order valence-corrected chi connectivity index (χ1v) is 11.7. The molecule has 1 aliphatic carbocycles. The molecule has 4 N–H and O–H groups in total. The van der Waals surface area contributed by atoms with Crippen LogP contribution in [0.25, 0.3) is 10.9 Å². The summed E-state index contributed by atoms with van der Waals surface area (Å²) in [5.74, 6) is -1.71. The normalized spacial score (nSPS) is 13.4. The topological polar surface area (TPSA) is 131 Å². The van der Waals surface area contributed by atoms with Crippen LogP contribution in [-0.2, 0) is 9.59 Å². The smallest absolute Gasteiger partial charge is 0.240 e. The Kier molecular flexibility index (Phi) is 6.96. The van der Waals surface area contributed by atoms with Gasteiger partial charge in [0.2, 0.25) is 11.8 Å². The molecule has 1 saturated carbocycles. The minimum absolute atomic E-state index is 0.119. The SMILES string of the molecule is COc1cc2c(Oc3ccc(NC(=O)C4(C(=O)Nc5ccc(F)cc5)CC4)cc3F)ccnc2cc1ONO. The molecule has 4 aromatic rings. The van der Waals surface area contributed by atoms with E-state index in [0.29, 0.717) is 29.4 Å². The molecule has 200 valence electrons. The molecule has 1 aliphatic rings. The number of fused-ring (bicyclic) bond motifs is 1. The zero-order valence-corrected chi connectivity index (χ0v) is 20.5. The lowest BCUT2D eigenvalue weighted by Crippen LogP contribution is -2.35. The molecule has 39 heavy (non-hydrogen) atoms. The summed E-state index contributed by atoms with van der Waals surface area (Å²) in [5, 5.41) is 14.5. The third-order valence-corrected chi connectivity index (χ3v) is 6.27. The lowest BCUT2D eigenvalue weighted by Gasteiger charge is -2.16. The van der Waals surface area contributed by atoms with Crippen LogP contribution in [0.3, 0.4) is 0 Å². The Morgan fingerprint density at radius 3 is 2.21 bits per heavy atom. The summed E-state index contributed by atoms with van der Waals surface area (Å²) in [7, 11) is 1.41. The van der Waals surface area contributed by atoms with Gasteiger partial charge >= 0.3 is 0 Å². The summed E-state index contributed by atoms with van der Waals surface area (Å²) >= 11 is 0. The largest absolute Gasteiger partial charge is 0.493 e. The second-order valence-corrected chi connectivity index (χ2v) is 8.77. The van der Waals surface area contributed by atoms with Crippen molar-refractivity contribution >= 4 is 34.1 Å². The van der Waals surface area contributed by atoms with Crippen molar-refractivity contribution < 1.29 is 37.9 Å². The van der Waals surface area contributed by atoms with Crippen molar-refractivity contribution in [3.05, 3.63) is 78.5 Å². The van der Waals surface area contributed by atoms with E-state index < -0.39 is 28.9 Å². The van der Waals surface area contributed by atoms with Crippen LogP contribution in [0.5, 0.6) is 23.0 Å². The van der Waals surface area contributed by atoms with Gasteiger partial charge in [-0.15, -0.1) is 0 Å². The van der Waals surface area contributed by atoms with E-state index in [1.54, 1.807) is 11.7 Å². The highest BCUT2D eigenvalue weighted by atomic mass is 19.1. The summed E-state index contributed by atoms with van der Waals surface area (Å²) in [6, 6.07) is 13.7. The van der Waals surface area contributed by atoms with Crippen LogP contribution in [0.4, 0.5) is 20.2 Å². The quantitative estimate of drug-likeness (QED) is 0.175.